The Morgan fingerprint density at radius 1 is 0.966 bits per heavy atom. The first-order chi connectivity index (χ1) is 12.4. The fraction of sp³-hybridized carbons (Fsp3) is 0.192. The van der Waals surface area contributed by atoms with Crippen molar-refractivity contribution in [3.8, 4) is 11.1 Å². The summed E-state index contributed by atoms with van der Waals surface area (Å²) in [7, 11) is 0. The average molecular weight is 501 g/mol. The van der Waals surface area contributed by atoms with Crippen LogP contribution in [-0.4, -0.2) is 0 Å². The van der Waals surface area contributed by atoms with Gasteiger partial charge in [-0.05, 0) is 12.0 Å². The zero-order chi connectivity index (χ0) is 18.7. The van der Waals surface area contributed by atoms with Crippen LogP contribution in [0.25, 0.3) is 23.3 Å². The molecule has 0 atom stereocenters. The van der Waals surface area contributed by atoms with E-state index in [1.807, 2.05) is 18.2 Å². The number of hydrogen-bond donors (Lipinski definition) is 0. The minimum Gasteiger partial charge on any atom is -1.00 e. The molecule has 0 N–H and O–H groups in total. The Bertz CT molecular complexity index is 876. The van der Waals surface area contributed by atoms with Crippen LogP contribution < -0.4 is 24.8 Å². The molecule has 148 valence electrons. The monoisotopic (exact) mass is 498 g/mol. The van der Waals surface area contributed by atoms with Crippen LogP contribution in [0.3, 0.4) is 0 Å². The Hall–Kier alpha value is -1.27. The molecule has 0 spiro atoms. The second kappa shape index (κ2) is 11.8. The van der Waals surface area contributed by atoms with Crippen molar-refractivity contribution in [1.82, 2.24) is 0 Å². The molecule has 3 aromatic rings. The molecular formula is C26H26Cl2Zr. The SMILES string of the molecule is C=Cc1c[c-]c2c(c1)-c1cc(C=C)ccc1C2.CC(C)(C)c1cc[cH-]c1.[Cl-].[Cl-].[Zr+4]. The summed E-state index contributed by atoms with van der Waals surface area (Å²) in [4.78, 5) is 0. The van der Waals surface area contributed by atoms with Gasteiger partial charge in [-0.1, -0.05) is 68.2 Å². The van der Waals surface area contributed by atoms with E-state index in [1.165, 1.54) is 33.4 Å². The van der Waals surface area contributed by atoms with Gasteiger partial charge in [-0.3, -0.25) is 0 Å². The van der Waals surface area contributed by atoms with Crippen LogP contribution in [0, 0.1) is 6.07 Å². The van der Waals surface area contributed by atoms with Crippen LogP contribution in [0.1, 0.15) is 48.6 Å². The summed E-state index contributed by atoms with van der Waals surface area (Å²) in [6.45, 7) is 14.3. The minimum atomic E-state index is 0. The van der Waals surface area contributed by atoms with E-state index in [0.717, 1.165) is 12.0 Å². The van der Waals surface area contributed by atoms with Gasteiger partial charge in [0, 0.05) is 0 Å². The van der Waals surface area contributed by atoms with Crippen molar-refractivity contribution < 1.29 is 51.0 Å². The van der Waals surface area contributed by atoms with Crippen molar-refractivity contribution in [2.75, 3.05) is 0 Å². The number of hydrogen-bond acceptors (Lipinski definition) is 0. The molecule has 29 heavy (non-hydrogen) atoms. The quantitative estimate of drug-likeness (QED) is 0.361. The molecule has 3 heteroatoms. The Kier molecular flexibility index (Phi) is 11.3. The van der Waals surface area contributed by atoms with Crippen molar-refractivity contribution in [2.24, 2.45) is 0 Å². The Labute approximate surface area is 207 Å². The number of benzene rings is 2. The van der Waals surface area contributed by atoms with E-state index < -0.39 is 0 Å². The molecule has 0 nitrogen and oxygen atoms in total. The van der Waals surface area contributed by atoms with Crippen molar-refractivity contribution in [1.29, 1.82) is 0 Å². The molecule has 0 radical (unpaired) electrons. The number of halogens is 2. The topological polar surface area (TPSA) is 0 Å². The zero-order valence-corrected chi connectivity index (χ0v) is 21.2. The third kappa shape index (κ3) is 6.61. The third-order valence-electron chi connectivity index (χ3n) is 4.84. The molecule has 0 saturated carbocycles. The fourth-order valence-corrected chi connectivity index (χ4v) is 3.24. The van der Waals surface area contributed by atoms with Gasteiger partial charge in [-0.25, -0.2) is 6.07 Å². The second-order valence-electron chi connectivity index (χ2n) is 7.75. The van der Waals surface area contributed by atoms with Crippen LogP contribution in [0.4, 0.5) is 0 Å². The molecule has 0 saturated heterocycles. The second-order valence-corrected chi connectivity index (χ2v) is 7.75. The van der Waals surface area contributed by atoms with E-state index >= 15 is 0 Å². The third-order valence-corrected chi connectivity index (χ3v) is 4.84. The predicted molar refractivity (Wildman–Crippen MR) is 114 cm³/mol. The van der Waals surface area contributed by atoms with E-state index in [9.17, 15) is 0 Å². The summed E-state index contributed by atoms with van der Waals surface area (Å²) in [5, 5.41) is 0. The van der Waals surface area contributed by atoms with Crippen LogP contribution in [0.2, 0.25) is 0 Å². The van der Waals surface area contributed by atoms with Gasteiger partial charge in [-0.15, -0.1) is 23.8 Å². The Balaban J connectivity index is 0.000000569. The normalized spacial score (nSPS) is 10.6. The molecule has 0 unspecified atom stereocenters. The summed E-state index contributed by atoms with van der Waals surface area (Å²) in [5.41, 5.74) is 9.31. The summed E-state index contributed by atoms with van der Waals surface area (Å²) in [6, 6.07) is 22.6. The molecule has 0 heterocycles. The predicted octanol–water partition coefficient (Wildman–Crippen LogP) is 1.05. The first-order valence-electron chi connectivity index (χ1n) is 9.07. The number of rotatable bonds is 2. The molecule has 1 aliphatic rings. The van der Waals surface area contributed by atoms with Crippen molar-refractivity contribution >= 4 is 12.2 Å². The van der Waals surface area contributed by atoms with Gasteiger partial charge in [0.25, 0.3) is 0 Å². The van der Waals surface area contributed by atoms with E-state index in [0.29, 0.717) is 5.41 Å². The zero-order valence-electron chi connectivity index (χ0n) is 17.2. The Morgan fingerprint density at radius 2 is 1.62 bits per heavy atom. The molecule has 0 bridgehead atoms. The Morgan fingerprint density at radius 3 is 2.14 bits per heavy atom. The summed E-state index contributed by atoms with van der Waals surface area (Å²) in [5.74, 6) is 0. The first kappa shape index (κ1) is 27.7. The molecular weight excluding hydrogens is 474 g/mol. The van der Waals surface area contributed by atoms with Gasteiger partial charge in [0.2, 0.25) is 0 Å². The van der Waals surface area contributed by atoms with Gasteiger partial charge in [0.1, 0.15) is 0 Å². The van der Waals surface area contributed by atoms with Crippen molar-refractivity contribution in [2.45, 2.75) is 32.6 Å². The first-order valence-corrected chi connectivity index (χ1v) is 9.07. The van der Waals surface area contributed by atoms with Crippen molar-refractivity contribution in [3.05, 3.63) is 102 Å². The van der Waals surface area contributed by atoms with Gasteiger partial charge < -0.3 is 24.8 Å². The molecule has 0 aliphatic heterocycles. The summed E-state index contributed by atoms with van der Waals surface area (Å²) >= 11 is 0. The van der Waals surface area contributed by atoms with E-state index in [2.05, 4.69) is 88.5 Å². The van der Waals surface area contributed by atoms with Crippen LogP contribution in [0.15, 0.2) is 67.8 Å². The maximum atomic E-state index is 3.82. The van der Waals surface area contributed by atoms with Gasteiger partial charge in [-0.2, -0.15) is 47.5 Å². The molecule has 1 aliphatic carbocycles. The molecule has 0 aromatic heterocycles. The maximum Gasteiger partial charge on any atom is 4.00 e. The van der Waals surface area contributed by atoms with Crippen molar-refractivity contribution in [3.63, 3.8) is 0 Å². The van der Waals surface area contributed by atoms with E-state index in [4.69, 9.17) is 0 Å². The fourth-order valence-electron chi connectivity index (χ4n) is 3.24. The number of fused-ring (bicyclic) bond motifs is 3. The molecule has 0 amide bonds. The largest absolute Gasteiger partial charge is 4.00 e. The van der Waals surface area contributed by atoms with Gasteiger partial charge in [0.15, 0.2) is 0 Å². The standard InChI is InChI=1S/C17H13.C9H13.2ClH.Zr/c1-3-12-5-7-14-11-15-8-6-13(4-2)10-17(15)16(14)9-12;1-9(2,3)8-6-4-5-7-8;;;/h3-7,9-10H,1-2,11H2;4-7H,1-3H3;2*1H;/q2*-1;;;+4/p-2. The average Bonchev–Trinajstić information content (AvgIpc) is 3.29. The van der Waals surface area contributed by atoms with E-state index in [-0.39, 0.29) is 51.0 Å². The van der Waals surface area contributed by atoms with Gasteiger partial charge >= 0.3 is 26.2 Å². The molecule has 4 rings (SSSR count). The van der Waals surface area contributed by atoms with Crippen LogP contribution >= 0.6 is 0 Å². The maximum absolute atomic E-state index is 3.82. The smallest absolute Gasteiger partial charge is 1.00 e. The van der Waals surface area contributed by atoms with E-state index in [1.54, 1.807) is 0 Å². The summed E-state index contributed by atoms with van der Waals surface area (Å²) in [6.07, 6.45) is 4.74. The van der Waals surface area contributed by atoms with Gasteiger partial charge in [0.05, 0.1) is 0 Å². The molecule has 3 aromatic carbocycles. The minimum absolute atomic E-state index is 0. The molecule has 0 fully saturated rings. The summed E-state index contributed by atoms with van der Waals surface area (Å²) < 4.78 is 0. The van der Waals surface area contributed by atoms with Crippen LogP contribution in [-0.2, 0) is 38.0 Å². The van der Waals surface area contributed by atoms with Crippen LogP contribution in [0.5, 0.6) is 0 Å².